The Morgan fingerprint density at radius 1 is 1.32 bits per heavy atom. The number of fused-ring (bicyclic) bond motifs is 1. The first-order chi connectivity index (χ1) is 10.9. The van der Waals surface area contributed by atoms with E-state index in [1.807, 2.05) is 4.57 Å². The third-order valence-corrected chi connectivity index (χ3v) is 3.39. The molecule has 22 heavy (non-hydrogen) atoms. The average molecular weight is 296 g/mol. The molecule has 6 heteroatoms. The highest BCUT2D eigenvalue weighted by molar-refractivity contribution is 5.76. The number of hydrogen-bond acceptors (Lipinski definition) is 5. The van der Waals surface area contributed by atoms with Crippen molar-refractivity contribution >= 4 is 11.2 Å². The standard InChI is InChI=1S/C16H16N4O2/c1-2-8-21-9-5-6-13-15-16(18-11-17-13)20(12-19-15)14-7-3-4-10-22-14/h1,11-12,14H,3-4,7-10H2. The van der Waals surface area contributed by atoms with E-state index >= 15 is 0 Å². The fourth-order valence-electron chi connectivity index (χ4n) is 2.38. The summed E-state index contributed by atoms with van der Waals surface area (Å²) < 4.78 is 12.9. The van der Waals surface area contributed by atoms with Gasteiger partial charge in [-0.3, -0.25) is 4.57 Å². The molecule has 0 aromatic carbocycles. The minimum absolute atomic E-state index is 0.00609. The van der Waals surface area contributed by atoms with Gasteiger partial charge in [-0.15, -0.1) is 6.42 Å². The van der Waals surface area contributed by atoms with E-state index in [1.54, 1.807) is 6.33 Å². The molecular weight excluding hydrogens is 280 g/mol. The molecule has 0 N–H and O–H groups in total. The molecule has 1 unspecified atom stereocenters. The lowest BCUT2D eigenvalue weighted by Crippen LogP contribution is -2.17. The maximum absolute atomic E-state index is 5.78. The summed E-state index contributed by atoms with van der Waals surface area (Å²) in [5.74, 6) is 8.22. The Hall–Kier alpha value is -2.41. The SMILES string of the molecule is C#CCOCC#Cc1ncnc2c1ncn2C1CCCCO1. The van der Waals surface area contributed by atoms with Gasteiger partial charge in [0.25, 0.3) is 0 Å². The fraction of sp³-hybridized carbons (Fsp3) is 0.438. The van der Waals surface area contributed by atoms with Gasteiger partial charge in [-0.25, -0.2) is 15.0 Å². The van der Waals surface area contributed by atoms with Crippen molar-refractivity contribution in [2.75, 3.05) is 19.8 Å². The van der Waals surface area contributed by atoms with Gasteiger partial charge in [0, 0.05) is 6.61 Å². The summed E-state index contributed by atoms with van der Waals surface area (Å²) in [6.45, 7) is 1.29. The van der Waals surface area contributed by atoms with Crippen LogP contribution in [0.25, 0.3) is 11.2 Å². The highest BCUT2D eigenvalue weighted by Crippen LogP contribution is 2.25. The minimum Gasteiger partial charge on any atom is -0.358 e. The highest BCUT2D eigenvalue weighted by atomic mass is 16.5. The number of nitrogens with zero attached hydrogens (tertiary/aromatic N) is 4. The first-order valence-electron chi connectivity index (χ1n) is 7.19. The Morgan fingerprint density at radius 2 is 2.27 bits per heavy atom. The van der Waals surface area contributed by atoms with E-state index in [1.165, 1.54) is 6.33 Å². The zero-order valence-electron chi connectivity index (χ0n) is 12.2. The number of ether oxygens (including phenoxy) is 2. The van der Waals surface area contributed by atoms with Crippen molar-refractivity contribution in [2.24, 2.45) is 0 Å². The summed E-state index contributed by atoms with van der Waals surface area (Å²) in [6, 6.07) is 0. The number of imidazole rings is 1. The molecule has 1 saturated heterocycles. The lowest BCUT2D eigenvalue weighted by molar-refractivity contribution is -0.0298. The second-order valence-corrected chi connectivity index (χ2v) is 4.87. The fourth-order valence-corrected chi connectivity index (χ4v) is 2.38. The number of hydrogen-bond donors (Lipinski definition) is 0. The quantitative estimate of drug-likeness (QED) is 0.635. The van der Waals surface area contributed by atoms with Gasteiger partial charge in [0.15, 0.2) is 5.65 Å². The molecule has 112 valence electrons. The molecular formula is C16H16N4O2. The molecule has 6 nitrogen and oxygen atoms in total. The van der Waals surface area contributed by atoms with Crippen LogP contribution in [0, 0.1) is 24.2 Å². The lowest BCUT2D eigenvalue weighted by atomic mass is 10.2. The topological polar surface area (TPSA) is 62.1 Å². The number of rotatable bonds is 3. The van der Waals surface area contributed by atoms with Crippen molar-refractivity contribution in [2.45, 2.75) is 25.5 Å². The van der Waals surface area contributed by atoms with E-state index in [-0.39, 0.29) is 19.4 Å². The molecule has 0 aliphatic carbocycles. The van der Waals surface area contributed by atoms with Crippen molar-refractivity contribution in [3.8, 4) is 24.2 Å². The normalized spacial score (nSPS) is 17.7. The Labute approximate surface area is 128 Å². The molecule has 2 aromatic heterocycles. The largest absolute Gasteiger partial charge is 0.358 e. The summed E-state index contributed by atoms with van der Waals surface area (Å²) in [5, 5.41) is 0. The molecule has 0 radical (unpaired) electrons. The van der Waals surface area contributed by atoms with Gasteiger partial charge in [0.05, 0.1) is 6.33 Å². The second-order valence-electron chi connectivity index (χ2n) is 4.87. The van der Waals surface area contributed by atoms with Crippen LogP contribution >= 0.6 is 0 Å². The molecule has 1 aliphatic heterocycles. The van der Waals surface area contributed by atoms with Gasteiger partial charge >= 0.3 is 0 Å². The minimum atomic E-state index is -0.00609. The molecule has 3 rings (SSSR count). The zero-order valence-corrected chi connectivity index (χ0v) is 12.2. The Bertz CT molecular complexity index is 745. The van der Waals surface area contributed by atoms with Crippen LogP contribution in [-0.4, -0.2) is 39.3 Å². The summed E-state index contributed by atoms with van der Waals surface area (Å²) in [5.41, 5.74) is 2.01. The van der Waals surface area contributed by atoms with Gasteiger partial charge < -0.3 is 9.47 Å². The van der Waals surface area contributed by atoms with E-state index in [9.17, 15) is 0 Å². The Morgan fingerprint density at radius 3 is 3.09 bits per heavy atom. The molecule has 0 amide bonds. The zero-order chi connectivity index (χ0) is 15.2. The van der Waals surface area contributed by atoms with E-state index in [0.717, 1.165) is 31.5 Å². The van der Waals surface area contributed by atoms with Gasteiger partial charge in [-0.05, 0) is 25.2 Å². The predicted octanol–water partition coefficient (Wildman–Crippen LogP) is 1.53. The van der Waals surface area contributed by atoms with Crippen molar-refractivity contribution in [3.05, 3.63) is 18.3 Å². The van der Waals surface area contributed by atoms with Gasteiger partial charge in [-0.2, -0.15) is 0 Å². The molecule has 3 heterocycles. The monoisotopic (exact) mass is 296 g/mol. The summed E-state index contributed by atoms with van der Waals surface area (Å²) in [4.78, 5) is 12.9. The molecule has 0 bridgehead atoms. The molecule has 2 aromatic rings. The summed E-state index contributed by atoms with van der Waals surface area (Å²) in [6.07, 6.45) is 11.6. The van der Waals surface area contributed by atoms with Crippen molar-refractivity contribution in [1.29, 1.82) is 0 Å². The first kappa shape index (κ1) is 14.5. The smallest absolute Gasteiger partial charge is 0.166 e. The van der Waals surface area contributed by atoms with Crippen molar-refractivity contribution in [3.63, 3.8) is 0 Å². The van der Waals surface area contributed by atoms with Crippen LogP contribution in [0.15, 0.2) is 12.7 Å². The molecule has 1 aliphatic rings. The number of terminal acetylenes is 1. The van der Waals surface area contributed by atoms with Crippen LogP contribution in [-0.2, 0) is 9.47 Å². The third-order valence-electron chi connectivity index (χ3n) is 3.39. The maximum atomic E-state index is 5.78. The van der Waals surface area contributed by atoms with E-state index in [4.69, 9.17) is 15.9 Å². The van der Waals surface area contributed by atoms with E-state index in [2.05, 4.69) is 32.7 Å². The first-order valence-corrected chi connectivity index (χ1v) is 7.19. The van der Waals surface area contributed by atoms with Crippen LogP contribution < -0.4 is 0 Å². The number of aromatic nitrogens is 4. The van der Waals surface area contributed by atoms with E-state index < -0.39 is 0 Å². The summed E-state index contributed by atoms with van der Waals surface area (Å²) in [7, 11) is 0. The molecule has 1 atom stereocenters. The van der Waals surface area contributed by atoms with Gasteiger partial charge in [0.2, 0.25) is 0 Å². The van der Waals surface area contributed by atoms with Crippen LogP contribution in [0.1, 0.15) is 31.2 Å². The van der Waals surface area contributed by atoms with Crippen molar-refractivity contribution in [1.82, 2.24) is 19.5 Å². The lowest BCUT2D eigenvalue weighted by Gasteiger charge is -2.23. The second kappa shape index (κ2) is 7.04. The van der Waals surface area contributed by atoms with Crippen LogP contribution in [0.3, 0.4) is 0 Å². The molecule has 1 fully saturated rings. The molecule has 0 spiro atoms. The van der Waals surface area contributed by atoms with Crippen LogP contribution in [0.5, 0.6) is 0 Å². The van der Waals surface area contributed by atoms with Gasteiger partial charge in [-0.1, -0.05) is 11.8 Å². The Kier molecular flexibility index (Phi) is 4.65. The van der Waals surface area contributed by atoms with E-state index in [0.29, 0.717) is 11.2 Å². The summed E-state index contributed by atoms with van der Waals surface area (Å²) >= 11 is 0. The average Bonchev–Trinajstić information content (AvgIpc) is 3.00. The highest BCUT2D eigenvalue weighted by Gasteiger charge is 2.19. The third kappa shape index (κ3) is 3.09. The van der Waals surface area contributed by atoms with Crippen molar-refractivity contribution < 1.29 is 9.47 Å². The Balaban J connectivity index is 1.84. The predicted molar refractivity (Wildman–Crippen MR) is 80.7 cm³/mol. The van der Waals surface area contributed by atoms with Gasteiger partial charge in [0.1, 0.15) is 37.0 Å². The van der Waals surface area contributed by atoms with Crippen LogP contribution in [0.2, 0.25) is 0 Å². The van der Waals surface area contributed by atoms with Crippen LogP contribution in [0.4, 0.5) is 0 Å². The maximum Gasteiger partial charge on any atom is 0.166 e. The molecule has 0 saturated carbocycles.